The first-order valence-corrected chi connectivity index (χ1v) is 8.74. The molecule has 28 heavy (non-hydrogen) atoms. The summed E-state index contributed by atoms with van der Waals surface area (Å²) >= 11 is 0. The Morgan fingerprint density at radius 3 is 2.04 bits per heavy atom. The van der Waals surface area contributed by atoms with Crippen molar-refractivity contribution in [3.8, 4) is 11.5 Å². The van der Waals surface area contributed by atoms with Crippen LogP contribution < -0.4 is 20.1 Å². The summed E-state index contributed by atoms with van der Waals surface area (Å²) in [5.74, 6) is 0.920. The Hall–Kier alpha value is -3.74. The van der Waals surface area contributed by atoms with Crippen LogP contribution in [0.4, 0.5) is 11.4 Å². The molecule has 0 fully saturated rings. The predicted molar refractivity (Wildman–Crippen MR) is 105 cm³/mol. The Bertz CT molecular complexity index is 903. The van der Waals surface area contributed by atoms with Gasteiger partial charge in [-0.05, 0) is 67.6 Å². The average molecular weight is 380 g/mol. The fourth-order valence-corrected chi connectivity index (χ4v) is 2.38. The second-order valence-corrected chi connectivity index (χ2v) is 5.75. The second kappa shape index (κ2) is 9.27. The van der Waals surface area contributed by atoms with Crippen molar-refractivity contribution in [3.63, 3.8) is 0 Å². The SMILES string of the molecule is CCOc1ccc(OCC(=O)Nc2ccc(NC(=O)c3ccco3)cc2)cc1. The molecule has 2 aromatic carbocycles. The molecule has 3 aromatic rings. The van der Waals surface area contributed by atoms with Gasteiger partial charge in [-0.3, -0.25) is 9.59 Å². The molecule has 1 heterocycles. The Morgan fingerprint density at radius 2 is 1.46 bits per heavy atom. The number of amides is 2. The zero-order chi connectivity index (χ0) is 19.8. The number of nitrogens with one attached hydrogen (secondary N) is 2. The Labute approximate surface area is 162 Å². The molecule has 0 unspecified atom stereocenters. The third-order valence-corrected chi connectivity index (χ3v) is 3.68. The van der Waals surface area contributed by atoms with Crippen molar-refractivity contribution in [2.75, 3.05) is 23.8 Å². The van der Waals surface area contributed by atoms with Gasteiger partial charge in [0.1, 0.15) is 11.5 Å². The Kier molecular flexibility index (Phi) is 6.30. The van der Waals surface area contributed by atoms with Crippen LogP contribution >= 0.6 is 0 Å². The van der Waals surface area contributed by atoms with Gasteiger partial charge in [0.05, 0.1) is 12.9 Å². The van der Waals surface area contributed by atoms with E-state index in [9.17, 15) is 9.59 Å². The molecule has 7 nitrogen and oxygen atoms in total. The first-order chi connectivity index (χ1) is 13.6. The first kappa shape index (κ1) is 19.0. The van der Waals surface area contributed by atoms with Gasteiger partial charge in [-0.2, -0.15) is 0 Å². The molecular formula is C21H20N2O5. The lowest BCUT2D eigenvalue weighted by molar-refractivity contribution is -0.118. The van der Waals surface area contributed by atoms with Gasteiger partial charge in [0, 0.05) is 11.4 Å². The molecule has 3 rings (SSSR count). The van der Waals surface area contributed by atoms with Crippen LogP contribution in [0.1, 0.15) is 17.5 Å². The van der Waals surface area contributed by atoms with Gasteiger partial charge in [0.25, 0.3) is 11.8 Å². The number of carbonyl (C=O) groups is 2. The Morgan fingerprint density at radius 1 is 0.857 bits per heavy atom. The van der Waals surface area contributed by atoms with E-state index in [0.717, 1.165) is 5.75 Å². The molecular weight excluding hydrogens is 360 g/mol. The van der Waals surface area contributed by atoms with Crippen molar-refractivity contribution in [3.05, 3.63) is 72.7 Å². The lowest BCUT2D eigenvalue weighted by Gasteiger charge is -2.09. The van der Waals surface area contributed by atoms with E-state index < -0.39 is 0 Å². The molecule has 1 aromatic heterocycles. The van der Waals surface area contributed by atoms with E-state index in [1.54, 1.807) is 60.7 Å². The summed E-state index contributed by atoms with van der Waals surface area (Å²) in [6.45, 7) is 2.38. The van der Waals surface area contributed by atoms with Gasteiger partial charge < -0.3 is 24.5 Å². The zero-order valence-electron chi connectivity index (χ0n) is 15.3. The highest BCUT2D eigenvalue weighted by Gasteiger charge is 2.09. The maximum Gasteiger partial charge on any atom is 0.291 e. The van der Waals surface area contributed by atoms with Gasteiger partial charge in [-0.1, -0.05) is 0 Å². The highest BCUT2D eigenvalue weighted by atomic mass is 16.5. The van der Waals surface area contributed by atoms with Gasteiger partial charge in [0.15, 0.2) is 12.4 Å². The molecule has 0 atom stereocenters. The second-order valence-electron chi connectivity index (χ2n) is 5.75. The molecule has 144 valence electrons. The fraction of sp³-hybridized carbons (Fsp3) is 0.143. The van der Waals surface area contributed by atoms with Crippen LogP contribution in [0, 0.1) is 0 Å². The molecule has 0 spiro atoms. The van der Waals surface area contributed by atoms with E-state index in [1.807, 2.05) is 6.92 Å². The third kappa shape index (κ3) is 5.38. The number of hydrogen-bond donors (Lipinski definition) is 2. The Balaban J connectivity index is 1.46. The topological polar surface area (TPSA) is 89.8 Å². The van der Waals surface area contributed by atoms with E-state index in [-0.39, 0.29) is 24.2 Å². The molecule has 0 aliphatic carbocycles. The maximum absolute atomic E-state index is 12.0. The van der Waals surface area contributed by atoms with Crippen LogP contribution in [0.2, 0.25) is 0 Å². The number of rotatable bonds is 8. The van der Waals surface area contributed by atoms with Crippen LogP contribution in [0.25, 0.3) is 0 Å². The van der Waals surface area contributed by atoms with Gasteiger partial charge in [0.2, 0.25) is 0 Å². The van der Waals surface area contributed by atoms with E-state index >= 15 is 0 Å². The third-order valence-electron chi connectivity index (χ3n) is 3.68. The maximum atomic E-state index is 12.0. The molecule has 0 bridgehead atoms. The molecule has 0 saturated carbocycles. The number of furan rings is 1. The van der Waals surface area contributed by atoms with Gasteiger partial charge in [-0.25, -0.2) is 0 Å². The van der Waals surface area contributed by atoms with Crippen LogP contribution in [0.5, 0.6) is 11.5 Å². The van der Waals surface area contributed by atoms with Crippen LogP contribution in [0.3, 0.4) is 0 Å². The van der Waals surface area contributed by atoms with Crippen molar-refractivity contribution in [1.29, 1.82) is 0 Å². The summed E-state index contributed by atoms with van der Waals surface area (Å²) in [7, 11) is 0. The van der Waals surface area contributed by atoms with Crippen LogP contribution in [-0.4, -0.2) is 25.0 Å². The minimum absolute atomic E-state index is 0.120. The highest BCUT2D eigenvalue weighted by molar-refractivity contribution is 6.02. The summed E-state index contributed by atoms with van der Waals surface area (Å²) in [4.78, 5) is 23.9. The average Bonchev–Trinajstić information content (AvgIpc) is 3.24. The van der Waals surface area contributed by atoms with Crippen LogP contribution in [0.15, 0.2) is 71.3 Å². The molecule has 7 heteroatoms. The molecule has 0 saturated heterocycles. The van der Waals surface area contributed by atoms with Crippen LogP contribution in [-0.2, 0) is 4.79 Å². The number of ether oxygens (including phenoxy) is 2. The molecule has 0 aliphatic rings. The first-order valence-electron chi connectivity index (χ1n) is 8.74. The van der Waals surface area contributed by atoms with Crippen molar-refractivity contribution < 1.29 is 23.5 Å². The van der Waals surface area contributed by atoms with Crippen molar-refractivity contribution in [2.45, 2.75) is 6.92 Å². The van der Waals surface area contributed by atoms with E-state index in [0.29, 0.717) is 23.7 Å². The highest BCUT2D eigenvalue weighted by Crippen LogP contribution is 2.18. The number of hydrogen-bond acceptors (Lipinski definition) is 5. The number of anilines is 2. The summed E-state index contributed by atoms with van der Waals surface area (Å²) in [5.41, 5.74) is 1.18. The molecule has 0 aliphatic heterocycles. The zero-order valence-corrected chi connectivity index (χ0v) is 15.3. The lowest BCUT2D eigenvalue weighted by Crippen LogP contribution is -2.20. The lowest BCUT2D eigenvalue weighted by atomic mass is 10.2. The normalized spacial score (nSPS) is 10.2. The monoisotopic (exact) mass is 380 g/mol. The van der Waals surface area contributed by atoms with Gasteiger partial charge >= 0.3 is 0 Å². The van der Waals surface area contributed by atoms with Crippen molar-refractivity contribution in [2.24, 2.45) is 0 Å². The summed E-state index contributed by atoms with van der Waals surface area (Å²) in [6, 6.07) is 17.0. The smallest absolute Gasteiger partial charge is 0.291 e. The van der Waals surface area contributed by atoms with Crippen molar-refractivity contribution >= 4 is 23.2 Å². The number of carbonyl (C=O) groups excluding carboxylic acids is 2. The van der Waals surface area contributed by atoms with E-state index in [1.165, 1.54) is 6.26 Å². The largest absolute Gasteiger partial charge is 0.494 e. The van der Waals surface area contributed by atoms with E-state index in [4.69, 9.17) is 13.9 Å². The molecule has 2 amide bonds. The molecule has 2 N–H and O–H groups in total. The van der Waals surface area contributed by atoms with E-state index in [2.05, 4.69) is 10.6 Å². The summed E-state index contributed by atoms with van der Waals surface area (Å²) in [5, 5.41) is 5.44. The van der Waals surface area contributed by atoms with Crippen molar-refractivity contribution in [1.82, 2.24) is 0 Å². The fourth-order valence-electron chi connectivity index (χ4n) is 2.38. The number of benzene rings is 2. The standard InChI is InChI=1S/C21H20N2O5/c1-2-26-17-9-11-18(12-10-17)28-14-20(24)22-15-5-7-16(8-6-15)23-21(25)19-4-3-13-27-19/h3-13H,2,14H2,1H3,(H,22,24)(H,23,25). The van der Waals surface area contributed by atoms with Gasteiger partial charge in [-0.15, -0.1) is 0 Å². The summed E-state index contributed by atoms with van der Waals surface area (Å²) in [6.07, 6.45) is 1.43. The minimum Gasteiger partial charge on any atom is -0.494 e. The molecule has 0 radical (unpaired) electrons. The quantitative estimate of drug-likeness (QED) is 0.618. The minimum atomic E-state index is -0.342. The summed E-state index contributed by atoms with van der Waals surface area (Å²) < 4.78 is 15.8. The predicted octanol–water partition coefficient (Wildman–Crippen LogP) is 3.95.